The molecule has 0 spiro atoms. The predicted molar refractivity (Wildman–Crippen MR) is 92.1 cm³/mol. The second kappa shape index (κ2) is 7.38. The largest absolute Gasteiger partial charge is 0.348 e. The van der Waals surface area contributed by atoms with E-state index in [9.17, 15) is 4.79 Å². The van der Waals surface area contributed by atoms with Crippen molar-refractivity contribution in [2.45, 2.75) is 11.9 Å². The molecule has 0 aliphatic heterocycles. The number of hydrogen-bond acceptors (Lipinski definition) is 1. The molecule has 0 atom stereocenters. The first-order chi connectivity index (χ1) is 9.60. The van der Waals surface area contributed by atoms with Crippen LogP contribution in [0.15, 0.2) is 51.4 Å². The molecule has 2 nitrogen and oxygen atoms in total. The standard InChI is InChI=1S/C15H12Br3NO/c16-8-10-2-1-3-11(6-10)9-19-15(20)13-5-4-12(17)7-14(13)18/h1-7H,8-9H2,(H,19,20). The first kappa shape index (κ1) is 15.7. The van der Waals surface area contributed by atoms with Gasteiger partial charge in [-0.2, -0.15) is 0 Å². The summed E-state index contributed by atoms with van der Waals surface area (Å²) in [6.45, 7) is 0.516. The van der Waals surface area contributed by atoms with Crippen LogP contribution in [0.5, 0.6) is 0 Å². The molecule has 0 aliphatic rings. The highest BCUT2D eigenvalue weighted by atomic mass is 79.9. The van der Waals surface area contributed by atoms with Crippen LogP contribution in [-0.4, -0.2) is 5.91 Å². The predicted octanol–water partition coefficient (Wildman–Crippen LogP) is 5.04. The molecular weight excluding hydrogens is 450 g/mol. The fourth-order valence-corrected chi connectivity index (χ4v) is 3.35. The molecule has 0 heterocycles. The summed E-state index contributed by atoms with van der Waals surface area (Å²) < 4.78 is 1.71. The van der Waals surface area contributed by atoms with Crippen molar-refractivity contribution in [2.24, 2.45) is 0 Å². The maximum Gasteiger partial charge on any atom is 0.252 e. The Morgan fingerprint density at radius 2 is 1.80 bits per heavy atom. The Labute approximate surface area is 143 Å². The topological polar surface area (TPSA) is 29.1 Å². The van der Waals surface area contributed by atoms with E-state index in [4.69, 9.17) is 0 Å². The van der Waals surface area contributed by atoms with Gasteiger partial charge in [0.15, 0.2) is 0 Å². The lowest BCUT2D eigenvalue weighted by Gasteiger charge is -2.08. The number of carbonyl (C=O) groups excluding carboxylic acids is 1. The zero-order valence-electron chi connectivity index (χ0n) is 10.5. The Morgan fingerprint density at radius 1 is 1.05 bits per heavy atom. The van der Waals surface area contributed by atoms with E-state index in [0.29, 0.717) is 12.1 Å². The van der Waals surface area contributed by atoms with Gasteiger partial charge in [0.05, 0.1) is 5.56 Å². The van der Waals surface area contributed by atoms with E-state index < -0.39 is 0 Å². The summed E-state index contributed by atoms with van der Waals surface area (Å²) in [4.78, 5) is 12.1. The monoisotopic (exact) mass is 459 g/mol. The molecule has 5 heteroatoms. The molecule has 0 unspecified atom stereocenters. The van der Waals surface area contributed by atoms with E-state index in [0.717, 1.165) is 19.8 Å². The fourth-order valence-electron chi connectivity index (χ4n) is 1.77. The molecule has 0 radical (unpaired) electrons. The van der Waals surface area contributed by atoms with Crippen molar-refractivity contribution in [3.05, 3.63) is 68.1 Å². The van der Waals surface area contributed by atoms with Gasteiger partial charge >= 0.3 is 0 Å². The number of amides is 1. The van der Waals surface area contributed by atoms with Crippen LogP contribution in [0.1, 0.15) is 21.5 Å². The maximum absolute atomic E-state index is 12.1. The van der Waals surface area contributed by atoms with E-state index >= 15 is 0 Å². The van der Waals surface area contributed by atoms with Crippen LogP contribution in [0.2, 0.25) is 0 Å². The Bertz CT molecular complexity index is 628. The Balaban J connectivity index is 2.04. The molecule has 0 aromatic heterocycles. The lowest BCUT2D eigenvalue weighted by molar-refractivity contribution is 0.0950. The Morgan fingerprint density at radius 3 is 2.50 bits per heavy atom. The second-order valence-electron chi connectivity index (χ2n) is 4.26. The normalized spacial score (nSPS) is 10.3. The zero-order chi connectivity index (χ0) is 14.5. The van der Waals surface area contributed by atoms with Crippen LogP contribution in [0.4, 0.5) is 0 Å². The highest BCUT2D eigenvalue weighted by molar-refractivity contribution is 9.11. The Hall–Kier alpha value is -0.650. The number of nitrogens with one attached hydrogen (secondary N) is 1. The minimum atomic E-state index is -0.0892. The molecule has 0 aliphatic carbocycles. The molecule has 0 saturated heterocycles. The minimum Gasteiger partial charge on any atom is -0.348 e. The van der Waals surface area contributed by atoms with Crippen LogP contribution >= 0.6 is 47.8 Å². The van der Waals surface area contributed by atoms with Gasteiger partial charge in [0.25, 0.3) is 5.91 Å². The van der Waals surface area contributed by atoms with Gasteiger partial charge in [0, 0.05) is 20.8 Å². The van der Waals surface area contributed by atoms with Gasteiger partial charge in [-0.25, -0.2) is 0 Å². The van der Waals surface area contributed by atoms with Gasteiger partial charge in [-0.15, -0.1) is 0 Å². The molecule has 1 N–H and O–H groups in total. The summed E-state index contributed by atoms with van der Waals surface area (Å²) in [5.41, 5.74) is 2.91. The third kappa shape index (κ3) is 4.17. The first-order valence-electron chi connectivity index (χ1n) is 5.97. The van der Waals surface area contributed by atoms with Crippen LogP contribution in [0.25, 0.3) is 0 Å². The molecule has 2 aromatic carbocycles. The van der Waals surface area contributed by atoms with Crippen LogP contribution in [-0.2, 0) is 11.9 Å². The highest BCUT2D eigenvalue weighted by Gasteiger charge is 2.09. The zero-order valence-corrected chi connectivity index (χ0v) is 15.3. The molecule has 104 valence electrons. The van der Waals surface area contributed by atoms with E-state index in [2.05, 4.69) is 59.2 Å². The summed E-state index contributed by atoms with van der Waals surface area (Å²) >= 11 is 10.2. The number of carbonyl (C=O) groups is 1. The molecule has 20 heavy (non-hydrogen) atoms. The highest BCUT2D eigenvalue weighted by Crippen LogP contribution is 2.22. The summed E-state index contributed by atoms with van der Waals surface area (Å²) in [6.07, 6.45) is 0. The number of rotatable bonds is 4. The van der Waals surface area contributed by atoms with Crippen LogP contribution < -0.4 is 5.32 Å². The average molecular weight is 462 g/mol. The van der Waals surface area contributed by atoms with Gasteiger partial charge in [-0.05, 0) is 45.3 Å². The van der Waals surface area contributed by atoms with Gasteiger partial charge in [-0.1, -0.05) is 56.1 Å². The van der Waals surface area contributed by atoms with Crippen LogP contribution in [0, 0.1) is 0 Å². The smallest absolute Gasteiger partial charge is 0.252 e. The van der Waals surface area contributed by atoms with E-state index in [1.807, 2.05) is 30.3 Å². The van der Waals surface area contributed by atoms with Crippen molar-refractivity contribution in [3.63, 3.8) is 0 Å². The number of alkyl halides is 1. The van der Waals surface area contributed by atoms with Gasteiger partial charge in [0.2, 0.25) is 0 Å². The first-order valence-corrected chi connectivity index (χ1v) is 8.68. The van der Waals surface area contributed by atoms with Gasteiger partial charge < -0.3 is 5.32 Å². The Kier molecular flexibility index (Phi) is 5.81. The summed E-state index contributed by atoms with van der Waals surface area (Å²) in [5.74, 6) is -0.0892. The van der Waals surface area contributed by atoms with Crippen molar-refractivity contribution in [1.82, 2.24) is 5.32 Å². The van der Waals surface area contributed by atoms with E-state index in [1.54, 1.807) is 6.07 Å². The molecule has 2 aromatic rings. The second-order valence-corrected chi connectivity index (χ2v) is 6.59. The maximum atomic E-state index is 12.1. The van der Waals surface area contributed by atoms with Crippen LogP contribution in [0.3, 0.4) is 0 Å². The molecule has 0 saturated carbocycles. The average Bonchev–Trinajstić information content (AvgIpc) is 2.45. The van der Waals surface area contributed by atoms with Gasteiger partial charge in [-0.3, -0.25) is 4.79 Å². The molecular formula is C15H12Br3NO. The quantitative estimate of drug-likeness (QED) is 0.635. The van der Waals surface area contributed by atoms with Crippen molar-refractivity contribution in [1.29, 1.82) is 0 Å². The van der Waals surface area contributed by atoms with Crippen molar-refractivity contribution < 1.29 is 4.79 Å². The summed E-state index contributed by atoms with van der Waals surface area (Å²) in [6, 6.07) is 13.6. The van der Waals surface area contributed by atoms with E-state index in [-0.39, 0.29) is 5.91 Å². The lowest BCUT2D eigenvalue weighted by Crippen LogP contribution is -2.23. The molecule has 1 amide bonds. The summed E-state index contributed by atoms with van der Waals surface area (Å²) in [5, 5.41) is 3.74. The third-order valence-electron chi connectivity index (χ3n) is 2.77. The summed E-state index contributed by atoms with van der Waals surface area (Å²) in [7, 11) is 0. The fraction of sp³-hybridized carbons (Fsp3) is 0.133. The SMILES string of the molecule is O=C(NCc1cccc(CBr)c1)c1ccc(Br)cc1Br. The minimum absolute atomic E-state index is 0.0892. The third-order valence-corrected chi connectivity index (χ3v) is 4.57. The number of halogens is 3. The lowest BCUT2D eigenvalue weighted by atomic mass is 10.1. The van der Waals surface area contributed by atoms with Crippen molar-refractivity contribution in [3.8, 4) is 0 Å². The molecule has 0 bridgehead atoms. The van der Waals surface area contributed by atoms with E-state index in [1.165, 1.54) is 5.56 Å². The van der Waals surface area contributed by atoms with Crippen molar-refractivity contribution in [2.75, 3.05) is 0 Å². The van der Waals surface area contributed by atoms with Gasteiger partial charge in [0.1, 0.15) is 0 Å². The van der Waals surface area contributed by atoms with Crippen molar-refractivity contribution >= 4 is 53.7 Å². The molecule has 2 rings (SSSR count). The number of benzene rings is 2. The molecule has 0 fully saturated rings. The number of hydrogen-bond donors (Lipinski definition) is 1.